The molecule has 0 spiro atoms. The molecule has 0 saturated heterocycles. The van der Waals surface area contributed by atoms with Crippen molar-refractivity contribution in [2.24, 2.45) is 4.99 Å². The standard InChI is InChI=1S/C8H11N3/c1-6-3-7(4-10-2)8(9)5-11-6/h3-5H,9H2,1-2H3. The van der Waals surface area contributed by atoms with Gasteiger partial charge in [-0.15, -0.1) is 0 Å². The van der Waals surface area contributed by atoms with Gasteiger partial charge in [0.25, 0.3) is 0 Å². The maximum Gasteiger partial charge on any atom is 0.0589 e. The number of hydrogen-bond acceptors (Lipinski definition) is 3. The zero-order valence-electron chi connectivity index (χ0n) is 6.70. The lowest BCUT2D eigenvalue weighted by Gasteiger charge is -1.98. The van der Waals surface area contributed by atoms with Gasteiger partial charge in [0.15, 0.2) is 0 Å². The van der Waals surface area contributed by atoms with Gasteiger partial charge in [-0.2, -0.15) is 0 Å². The van der Waals surface area contributed by atoms with Gasteiger partial charge in [-0.1, -0.05) is 0 Å². The lowest BCUT2D eigenvalue weighted by atomic mass is 10.2. The third-order valence-electron chi connectivity index (χ3n) is 1.37. The SMILES string of the molecule is CN=Cc1cc(C)ncc1N. The van der Waals surface area contributed by atoms with Crippen LogP contribution < -0.4 is 5.73 Å². The first-order valence-corrected chi connectivity index (χ1v) is 3.38. The van der Waals surface area contributed by atoms with Gasteiger partial charge in [0, 0.05) is 24.5 Å². The maximum absolute atomic E-state index is 5.62. The van der Waals surface area contributed by atoms with Crippen LogP contribution in [0.5, 0.6) is 0 Å². The summed E-state index contributed by atoms with van der Waals surface area (Å²) in [5, 5.41) is 0. The van der Waals surface area contributed by atoms with Crippen LogP contribution in [0.3, 0.4) is 0 Å². The number of hydrogen-bond donors (Lipinski definition) is 1. The number of aliphatic imine (C=N–C) groups is 1. The molecule has 0 fully saturated rings. The summed E-state index contributed by atoms with van der Waals surface area (Å²) in [6.45, 7) is 1.92. The summed E-state index contributed by atoms with van der Waals surface area (Å²) in [5.74, 6) is 0. The summed E-state index contributed by atoms with van der Waals surface area (Å²) in [7, 11) is 1.72. The number of nitrogens with two attached hydrogens (primary N) is 1. The van der Waals surface area contributed by atoms with Crippen LogP contribution in [0.4, 0.5) is 5.69 Å². The van der Waals surface area contributed by atoms with E-state index in [1.54, 1.807) is 19.5 Å². The predicted molar refractivity (Wildman–Crippen MR) is 46.9 cm³/mol. The van der Waals surface area contributed by atoms with E-state index in [-0.39, 0.29) is 0 Å². The first-order valence-electron chi connectivity index (χ1n) is 3.38. The van der Waals surface area contributed by atoms with Crippen molar-refractivity contribution < 1.29 is 0 Å². The van der Waals surface area contributed by atoms with Gasteiger partial charge < -0.3 is 5.73 Å². The molecule has 0 unspecified atom stereocenters. The minimum Gasteiger partial charge on any atom is -0.397 e. The Morgan fingerprint density at radius 1 is 1.64 bits per heavy atom. The van der Waals surface area contributed by atoms with Crippen LogP contribution in [0.15, 0.2) is 17.3 Å². The summed E-state index contributed by atoms with van der Waals surface area (Å²) >= 11 is 0. The minimum absolute atomic E-state index is 0.668. The van der Waals surface area contributed by atoms with Crippen LogP contribution in [0.1, 0.15) is 11.3 Å². The van der Waals surface area contributed by atoms with E-state index in [9.17, 15) is 0 Å². The second kappa shape index (κ2) is 3.14. The van der Waals surface area contributed by atoms with Crippen molar-refractivity contribution in [3.05, 3.63) is 23.5 Å². The Morgan fingerprint density at radius 3 is 3.00 bits per heavy atom. The first kappa shape index (κ1) is 7.72. The van der Waals surface area contributed by atoms with Crippen LogP contribution in [0.2, 0.25) is 0 Å². The van der Waals surface area contributed by atoms with Gasteiger partial charge in [0.1, 0.15) is 0 Å². The third kappa shape index (κ3) is 1.77. The van der Waals surface area contributed by atoms with E-state index < -0.39 is 0 Å². The molecule has 3 heteroatoms. The van der Waals surface area contributed by atoms with Crippen molar-refractivity contribution >= 4 is 11.9 Å². The molecular weight excluding hydrogens is 138 g/mol. The van der Waals surface area contributed by atoms with E-state index in [1.807, 2.05) is 13.0 Å². The Hall–Kier alpha value is -1.38. The van der Waals surface area contributed by atoms with Crippen LogP contribution in [0.25, 0.3) is 0 Å². The molecule has 0 aliphatic rings. The average Bonchev–Trinajstić information content (AvgIpc) is 1.98. The molecule has 0 amide bonds. The molecule has 2 N–H and O–H groups in total. The molecule has 58 valence electrons. The molecule has 1 aromatic rings. The Balaban J connectivity index is 3.12. The summed E-state index contributed by atoms with van der Waals surface area (Å²) in [6.07, 6.45) is 3.37. The molecule has 11 heavy (non-hydrogen) atoms. The van der Waals surface area contributed by atoms with Crippen molar-refractivity contribution in [3.63, 3.8) is 0 Å². The summed E-state index contributed by atoms with van der Waals surface area (Å²) in [4.78, 5) is 7.91. The maximum atomic E-state index is 5.62. The second-order valence-corrected chi connectivity index (χ2v) is 2.34. The number of rotatable bonds is 1. The lowest BCUT2D eigenvalue weighted by Crippen LogP contribution is -1.95. The molecule has 1 aromatic heterocycles. The summed E-state index contributed by atoms with van der Waals surface area (Å²) < 4.78 is 0. The number of aromatic nitrogens is 1. The average molecular weight is 149 g/mol. The normalized spacial score (nSPS) is 10.7. The fraction of sp³-hybridized carbons (Fsp3) is 0.250. The highest BCUT2D eigenvalue weighted by molar-refractivity contribution is 5.86. The van der Waals surface area contributed by atoms with E-state index >= 15 is 0 Å². The zero-order valence-corrected chi connectivity index (χ0v) is 6.70. The zero-order chi connectivity index (χ0) is 8.27. The van der Waals surface area contributed by atoms with Crippen LogP contribution in [-0.2, 0) is 0 Å². The number of nitrogens with zero attached hydrogens (tertiary/aromatic N) is 2. The van der Waals surface area contributed by atoms with Crippen molar-refractivity contribution in [2.75, 3.05) is 12.8 Å². The number of anilines is 1. The van der Waals surface area contributed by atoms with E-state index in [2.05, 4.69) is 9.98 Å². The smallest absolute Gasteiger partial charge is 0.0589 e. The van der Waals surface area contributed by atoms with Crippen LogP contribution in [0, 0.1) is 6.92 Å². The van der Waals surface area contributed by atoms with Gasteiger partial charge in [0.05, 0.1) is 11.9 Å². The lowest BCUT2D eigenvalue weighted by molar-refractivity contribution is 1.20. The molecule has 1 rings (SSSR count). The van der Waals surface area contributed by atoms with E-state index in [0.29, 0.717) is 5.69 Å². The first-order chi connectivity index (χ1) is 5.24. The summed E-state index contributed by atoms with van der Waals surface area (Å²) in [6, 6.07) is 1.91. The van der Waals surface area contributed by atoms with Crippen molar-refractivity contribution in [2.45, 2.75) is 6.92 Å². The highest BCUT2D eigenvalue weighted by Gasteiger charge is 1.95. The van der Waals surface area contributed by atoms with Gasteiger partial charge in [-0.3, -0.25) is 9.98 Å². The molecule has 0 aliphatic heterocycles. The molecule has 0 aromatic carbocycles. The Labute approximate surface area is 66.0 Å². The Morgan fingerprint density at radius 2 is 2.36 bits per heavy atom. The number of aryl methyl sites for hydroxylation is 1. The topological polar surface area (TPSA) is 51.3 Å². The molecular formula is C8H11N3. The molecule has 0 aliphatic carbocycles. The minimum atomic E-state index is 0.668. The highest BCUT2D eigenvalue weighted by atomic mass is 14.7. The number of pyridine rings is 1. The quantitative estimate of drug-likeness (QED) is 0.606. The fourth-order valence-corrected chi connectivity index (χ4v) is 0.842. The third-order valence-corrected chi connectivity index (χ3v) is 1.37. The van der Waals surface area contributed by atoms with E-state index in [0.717, 1.165) is 11.3 Å². The predicted octanol–water partition coefficient (Wildman–Crippen LogP) is 1.02. The van der Waals surface area contributed by atoms with Crippen molar-refractivity contribution in [1.29, 1.82) is 0 Å². The van der Waals surface area contributed by atoms with Crippen LogP contribution in [-0.4, -0.2) is 18.2 Å². The monoisotopic (exact) mass is 149 g/mol. The highest BCUT2D eigenvalue weighted by Crippen LogP contribution is 2.07. The Kier molecular flexibility index (Phi) is 2.21. The molecule has 0 radical (unpaired) electrons. The van der Waals surface area contributed by atoms with Gasteiger partial charge in [-0.05, 0) is 13.0 Å². The molecule has 1 heterocycles. The van der Waals surface area contributed by atoms with Gasteiger partial charge >= 0.3 is 0 Å². The van der Waals surface area contributed by atoms with E-state index in [1.165, 1.54) is 0 Å². The van der Waals surface area contributed by atoms with E-state index in [4.69, 9.17) is 5.73 Å². The molecule has 3 nitrogen and oxygen atoms in total. The Bertz CT molecular complexity index is 279. The fourth-order valence-electron chi connectivity index (χ4n) is 0.842. The van der Waals surface area contributed by atoms with Gasteiger partial charge in [-0.25, -0.2) is 0 Å². The molecule has 0 bridgehead atoms. The molecule has 0 atom stereocenters. The molecule has 0 saturated carbocycles. The number of nitrogen functional groups attached to an aromatic ring is 1. The largest absolute Gasteiger partial charge is 0.397 e. The van der Waals surface area contributed by atoms with Gasteiger partial charge in [0.2, 0.25) is 0 Å². The summed E-state index contributed by atoms with van der Waals surface area (Å²) in [5.41, 5.74) is 8.17. The van der Waals surface area contributed by atoms with Crippen molar-refractivity contribution in [1.82, 2.24) is 4.98 Å². The van der Waals surface area contributed by atoms with Crippen LogP contribution >= 0.6 is 0 Å². The van der Waals surface area contributed by atoms with Crippen molar-refractivity contribution in [3.8, 4) is 0 Å². The second-order valence-electron chi connectivity index (χ2n) is 2.34.